The van der Waals surface area contributed by atoms with E-state index in [1.165, 1.54) is 84.8 Å². The lowest BCUT2D eigenvalue weighted by molar-refractivity contribution is 0.446. The Bertz CT molecular complexity index is 3070. The molecule has 0 N–H and O–H groups in total. The molecular formula is C67H73Cl3I2N2. The van der Waals surface area contributed by atoms with Crippen molar-refractivity contribution in [3.05, 3.63) is 220 Å². The number of aryl methyl sites for hydroxylation is 2. The Kier molecular flexibility index (Phi) is 17.3. The van der Waals surface area contributed by atoms with Crippen molar-refractivity contribution in [1.82, 2.24) is 0 Å². The third-order valence-corrected chi connectivity index (χ3v) is 19.4. The number of likely N-dealkylation sites (N-methyl/N-ethyl adjacent to an activating group) is 2. The first-order valence-corrected chi connectivity index (χ1v) is 29.7. The number of benzene rings is 6. The molecule has 0 aliphatic carbocycles. The van der Waals surface area contributed by atoms with Gasteiger partial charge in [-0.3, -0.25) is 0 Å². The van der Waals surface area contributed by atoms with Gasteiger partial charge in [-0.25, -0.2) is 0 Å². The molecular weight excluding hydrogens is 1190 g/mol. The number of alkyl halides is 1. The Morgan fingerprint density at radius 3 is 1.38 bits per heavy atom. The smallest absolute Gasteiger partial charge is 0.0449 e. The molecule has 2 aliphatic heterocycles. The summed E-state index contributed by atoms with van der Waals surface area (Å²) in [6, 6.07) is 35.4. The number of rotatable bonds is 18. The number of hydrogen-bond acceptors (Lipinski definition) is 2. The quantitative estimate of drug-likeness (QED) is 0.0481. The van der Waals surface area contributed by atoms with Gasteiger partial charge < -0.3 is 9.80 Å². The molecule has 6 aromatic rings. The Morgan fingerprint density at radius 2 is 1.00 bits per heavy atom. The average molecular weight is 1270 g/mol. The molecule has 2 nitrogen and oxygen atoms in total. The van der Waals surface area contributed by atoms with Crippen molar-refractivity contribution in [2.75, 3.05) is 23.9 Å². The first-order valence-electron chi connectivity index (χ1n) is 26.4. The van der Waals surface area contributed by atoms with Crippen molar-refractivity contribution in [2.45, 2.75) is 134 Å². The number of halogens is 5. The van der Waals surface area contributed by atoms with E-state index in [2.05, 4.69) is 246 Å². The van der Waals surface area contributed by atoms with Crippen molar-refractivity contribution < 1.29 is 0 Å². The predicted octanol–water partition coefficient (Wildman–Crippen LogP) is 20.9. The molecule has 0 radical (unpaired) electrons. The fourth-order valence-electron chi connectivity index (χ4n) is 13.0. The molecule has 0 aromatic heterocycles. The average Bonchev–Trinajstić information content (AvgIpc) is 3.69. The highest BCUT2D eigenvalue weighted by Gasteiger charge is 2.43. The SMILES string of the molecule is C=C(C=CC=C1N(C)c2ccc(Cl)cc2C1(C)CCC)C(C)(CCC(Cl)CCC(C)(C(=C)C=CC=C1N(C)c2ccc(Cl)cc2C1(C)CCC)c1c(C)ccc2cc(I)ccc12)c1c(C)ccc2cc(I)ccc12. The van der Waals surface area contributed by atoms with E-state index in [4.69, 9.17) is 48.0 Å². The van der Waals surface area contributed by atoms with Gasteiger partial charge >= 0.3 is 0 Å². The van der Waals surface area contributed by atoms with E-state index < -0.39 is 10.8 Å². The minimum atomic E-state index is -0.416. The predicted molar refractivity (Wildman–Crippen MR) is 343 cm³/mol. The maximum Gasteiger partial charge on any atom is 0.0449 e. The minimum Gasteiger partial charge on any atom is -0.347 e. The molecule has 6 aromatic carbocycles. The highest BCUT2D eigenvalue weighted by atomic mass is 127. The van der Waals surface area contributed by atoms with Gasteiger partial charge in [-0.05, 0) is 250 Å². The minimum absolute atomic E-state index is 0.0988. The van der Waals surface area contributed by atoms with Gasteiger partial charge in [0.2, 0.25) is 0 Å². The fourth-order valence-corrected chi connectivity index (χ4v) is 14.6. The Morgan fingerprint density at radius 1 is 0.608 bits per heavy atom. The van der Waals surface area contributed by atoms with Crippen LogP contribution in [0.2, 0.25) is 10.0 Å². The van der Waals surface area contributed by atoms with Crippen LogP contribution in [0.4, 0.5) is 11.4 Å². The van der Waals surface area contributed by atoms with Gasteiger partial charge in [0.15, 0.2) is 0 Å². The molecule has 0 fully saturated rings. The largest absolute Gasteiger partial charge is 0.347 e. The zero-order valence-electron chi connectivity index (χ0n) is 45.1. The van der Waals surface area contributed by atoms with Gasteiger partial charge in [0.25, 0.3) is 0 Å². The van der Waals surface area contributed by atoms with Crippen LogP contribution < -0.4 is 9.80 Å². The van der Waals surface area contributed by atoms with Gasteiger partial charge in [0.05, 0.1) is 0 Å². The van der Waals surface area contributed by atoms with Crippen LogP contribution in [0.1, 0.15) is 126 Å². The van der Waals surface area contributed by atoms with Gasteiger partial charge in [-0.1, -0.05) is 138 Å². The highest BCUT2D eigenvalue weighted by Crippen LogP contribution is 2.53. The van der Waals surface area contributed by atoms with E-state index in [-0.39, 0.29) is 16.2 Å². The van der Waals surface area contributed by atoms with Crippen LogP contribution in [0.25, 0.3) is 21.5 Å². The first kappa shape index (κ1) is 56.4. The molecule has 0 bridgehead atoms. The van der Waals surface area contributed by atoms with Gasteiger partial charge in [-0.2, -0.15) is 0 Å². The van der Waals surface area contributed by atoms with Crippen LogP contribution in [-0.4, -0.2) is 19.5 Å². The number of fused-ring (bicyclic) bond motifs is 4. The lowest BCUT2D eigenvalue weighted by atomic mass is 9.68. The van der Waals surface area contributed by atoms with Crippen LogP contribution in [0.15, 0.2) is 169 Å². The summed E-state index contributed by atoms with van der Waals surface area (Å²) >= 11 is 25.8. The van der Waals surface area contributed by atoms with Gasteiger partial charge in [0.1, 0.15) is 0 Å². The molecule has 4 unspecified atom stereocenters. The Balaban J connectivity index is 1.12. The second kappa shape index (κ2) is 22.7. The van der Waals surface area contributed by atoms with Crippen LogP contribution in [-0.2, 0) is 21.7 Å². The molecule has 0 saturated carbocycles. The Labute approximate surface area is 486 Å². The molecule has 0 saturated heterocycles. The van der Waals surface area contributed by atoms with Crippen LogP contribution in [0, 0.1) is 21.0 Å². The number of hydrogen-bond donors (Lipinski definition) is 0. The highest BCUT2D eigenvalue weighted by molar-refractivity contribution is 14.1. The first-order chi connectivity index (χ1) is 35.1. The maximum atomic E-state index is 7.73. The second-order valence-corrected chi connectivity index (χ2v) is 26.0. The van der Waals surface area contributed by atoms with E-state index in [9.17, 15) is 0 Å². The molecule has 74 heavy (non-hydrogen) atoms. The number of allylic oxidation sites excluding steroid dienone is 10. The summed E-state index contributed by atoms with van der Waals surface area (Å²) in [7, 11) is 4.36. The zero-order valence-corrected chi connectivity index (χ0v) is 51.7. The van der Waals surface area contributed by atoms with E-state index in [0.29, 0.717) is 0 Å². The summed E-state index contributed by atoms with van der Waals surface area (Å²) < 4.78 is 2.44. The van der Waals surface area contributed by atoms with E-state index in [0.717, 1.165) is 72.6 Å². The van der Waals surface area contributed by atoms with Crippen LogP contribution >= 0.6 is 80.0 Å². The topological polar surface area (TPSA) is 6.48 Å². The van der Waals surface area contributed by atoms with Gasteiger partial charge in [0, 0.05) is 81.1 Å². The summed E-state index contributed by atoms with van der Waals surface area (Å²) in [4.78, 5) is 4.68. The van der Waals surface area contributed by atoms with Crippen molar-refractivity contribution in [2.24, 2.45) is 0 Å². The van der Waals surface area contributed by atoms with Crippen LogP contribution in [0.5, 0.6) is 0 Å². The summed E-state index contributed by atoms with van der Waals surface area (Å²) in [6.45, 7) is 28.4. The normalized spacial score (nSPS) is 20.8. The molecule has 7 heteroatoms. The molecule has 2 aliphatic rings. The lowest BCUT2D eigenvalue weighted by Crippen LogP contribution is -2.28. The lowest BCUT2D eigenvalue weighted by Gasteiger charge is -2.36. The number of nitrogens with zero attached hydrogens (tertiary/aromatic N) is 2. The molecule has 0 amide bonds. The standard InChI is InChI=1S/C67H73Cl3I2N2/c1-13-35-66(9)56-41-50(69)25-31-58(56)73(11)60(66)19-15-17-45(5)64(7,62-43(3)21-23-47-39-52(71)27-29-54(47)62)37-33-49(68)34-38-65(8,63-44(4)22-24-48-40-53(72)28-30-55(48)63)46(6)18-16-20-61-67(10,36-14-2)57-42-51(70)26-32-59(57)74(61)12/h15-32,39-42,49H,5-6,13-14,33-38H2,1-4,7-12H3. The van der Waals surface area contributed by atoms with Crippen molar-refractivity contribution >= 4 is 113 Å². The maximum absolute atomic E-state index is 7.73. The zero-order chi connectivity index (χ0) is 53.5. The van der Waals surface area contributed by atoms with E-state index >= 15 is 0 Å². The van der Waals surface area contributed by atoms with Crippen molar-refractivity contribution in [3.63, 3.8) is 0 Å². The Hall–Kier alpha value is -3.79. The third-order valence-electron chi connectivity index (χ3n) is 17.1. The van der Waals surface area contributed by atoms with E-state index in [1.807, 2.05) is 12.1 Å². The summed E-state index contributed by atoms with van der Waals surface area (Å²) in [6.07, 6.45) is 21.0. The molecule has 4 atom stereocenters. The third kappa shape index (κ3) is 10.6. The van der Waals surface area contributed by atoms with Crippen LogP contribution in [0.3, 0.4) is 0 Å². The summed E-state index contributed by atoms with van der Waals surface area (Å²) in [5, 5.41) is 6.47. The molecule has 386 valence electrons. The van der Waals surface area contributed by atoms with Gasteiger partial charge in [-0.15, -0.1) is 11.6 Å². The molecule has 8 rings (SSSR count). The van der Waals surface area contributed by atoms with Crippen molar-refractivity contribution in [3.8, 4) is 0 Å². The van der Waals surface area contributed by atoms with Crippen molar-refractivity contribution in [1.29, 1.82) is 0 Å². The summed E-state index contributed by atoms with van der Waals surface area (Å²) in [5.41, 5.74) is 13.7. The number of anilines is 2. The second-order valence-electron chi connectivity index (χ2n) is 22.1. The monoisotopic (exact) mass is 1260 g/mol. The fraction of sp³-hybridized carbons (Fsp3) is 0.343. The molecule has 0 spiro atoms. The molecule has 2 heterocycles. The van der Waals surface area contributed by atoms with E-state index in [1.54, 1.807) is 0 Å². The summed E-state index contributed by atoms with van der Waals surface area (Å²) in [5.74, 6) is 0.